The van der Waals surface area contributed by atoms with Gasteiger partial charge in [0.1, 0.15) is 0 Å². The summed E-state index contributed by atoms with van der Waals surface area (Å²) >= 11 is 0. The fraction of sp³-hybridized carbons (Fsp3) is 0.533. The van der Waals surface area contributed by atoms with Gasteiger partial charge in [0.25, 0.3) is 0 Å². The van der Waals surface area contributed by atoms with E-state index in [4.69, 9.17) is 4.74 Å². The Hall–Kier alpha value is -1.51. The molecule has 0 radical (unpaired) electrons. The summed E-state index contributed by atoms with van der Waals surface area (Å²) in [5, 5.41) is 3.33. The third kappa shape index (κ3) is 2.50. The number of fused-ring (bicyclic) bond motifs is 1. The van der Waals surface area contributed by atoms with Gasteiger partial charge < -0.3 is 10.1 Å². The van der Waals surface area contributed by atoms with Crippen molar-refractivity contribution in [1.82, 2.24) is 0 Å². The Kier molecular flexibility index (Phi) is 3.22. The van der Waals surface area contributed by atoms with Gasteiger partial charge in [-0.1, -0.05) is 18.9 Å². The Balaban J connectivity index is 1.68. The minimum Gasteiger partial charge on any atom is -0.462 e. The number of hydrogen-bond donors (Lipinski definition) is 1. The van der Waals surface area contributed by atoms with E-state index < -0.39 is 0 Å². The van der Waals surface area contributed by atoms with Crippen LogP contribution in [0.4, 0.5) is 5.69 Å². The zero-order valence-corrected chi connectivity index (χ0v) is 10.6. The number of ether oxygens (including phenoxy) is 1. The zero-order valence-electron chi connectivity index (χ0n) is 10.6. The minimum absolute atomic E-state index is 0.156. The molecule has 3 rings (SSSR count). The van der Waals surface area contributed by atoms with Crippen LogP contribution in [0, 0.1) is 5.92 Å². The molecule has 0 amide bonds. The molecule has 1 aliphatic carbocycles. The van der Waals surface area contributed by atoms with Crippen LogP contribution in [0.15, 0.2) is 18.2 Å². The van der Waals surface area contributed by atoms with E-state index in [1.807, 2.05) is 18.2 Å². The fourth-order valence-corrected chi connectivity index (χ4v) is 2.50. The lowest BCUT2D eigenvalue weighted by molar-refractivity contribution is 0.0493. The number of hydrogen-bond acceptors (Lipinski definition) is 3. The SMILES string of the molecule is O=C(OCCC1CC1)c1cccc2c1CCCN2. The number of carbonyl (C=O) groups is 1. The summed E-state index contributed by atoms with van der Waals surface area (Å²) in [4.78, 5) is 12.1. The monoisotopic (exact) mass is 245 g/mol. The molecule has 0 atom stereocenters. The molecule has 0 unspecified atom stereocenters. The Morgan fingerprint density at radius 1 is 1.39 bits per heavy atom. The molecule has 18 heavy (non-hydrogen) atoms. The second-order valence-electron chi connectivity index (χ2n) is 5.23. The van der Waals surface area contributed by atoms with Crippen molar-refractivity contribution in [2.75, 3.05) is 18.5 Å². The fourth-order valence-electron chi connectivity index (χ4n) is 2.50. The number of esters is 1. The van der Waals surface area contributed by atoms with Gasteiger partial charge in [0.15, 0.2) is 0 Å². The summed E-state index contributed by atoms with van der Waals surface area (Å²) in [6.07, 6.45) is 5.69. The highest BCUT2D eigenvalue weighted by molar-refractivity contribution is 5.93. The lowest BCUT2D eigenvalue weighted by Crippen LogP contribution is -2.17. The Morgan fingerprint density at radius 3 is 3.11 bits per heavy atom. The normalized spacial score (nSPS) is 17.8. The molecule has 3 heteroatoms. The van der Waals surface area contributed by atoms with E-state index in [9.17, 15) is 4.79 Å². The highest BCUT2D eigenvalue weighted by atomic mass is 16.5. The lowest BCUT2D eigenvalue weighted by Gasteiger charge is -2.20. The van der Waals surface area contributed by atoms with Crippen molar-refractivity contribution in [3.8, 4) is 0 Å². The molecule has 1 heterocycles. The molecular formula is C15H19NO2. The molecule has 0 bridgehead atoms. The van der Waals surface area contributed by atoms with Crippen LogP contribution in [0.5, 0.6) is 0 Å². The first-order chi connectivity index (χ1) is 8.84. The van der Waals surface area contributed by atoms with Crippen molar-refractivity contribution >= 4 is 11.7 Å². The van der Waals surface area contributed by atoms with Crippen molar-refractivity contribution < 1.29 is 9.53 Å². The van der Waals surface area contributed by atoms with Gasteiger partial charge in [0.2, 0.25) is 0 Å². The second-order valence-corrected chi connectivity index (χ2v) is 5.23. The predicted octanol–water partition coefficient (Wildman–Crippen LogP) is 3.00. The molecule has 96 valence electrons. The van der Waals surface area contributed by atoms with E-state index in [1.165, 1.54) is 12.8 Å². The van der Waals surface area contributed by atoms with E-state index >= 15 is 0 Å². The molecule has 1 fully saturated rings. The maximum atomic E-state index is 12.1. The molecule has 0 spiro atoms. The Morgan fingerprint density at radius 2 is 2.28 bits per heavy atom. The van der Waals surface area contributed by atoms with Crippen molar-refractivity contribution in [2.45, 2.75) is 32.1 Å². The zero-order chi connectivity index (χ0) is 12.4. The second kappa shape index (κ2) is 5.01. The molecule has 1 N–H and O–H groups in total. The van der Waals surface area contributed by atoms with Gasteiger partial charge in [-0.2, -0.15) is 0 Å². The highest BCUT2D eigenvalue weighted by Gasteiger charge is 2.22. The summed E-state index contributed by atoms with van der Waals surface area (Å²) in [5.74, 6) is 0.653. The van der Waals surface area contributed by atoms with Gasteiger partial charge in [-0.3, -0.25) is 0 Å². The summed E-state index contributed by atoms with van der Waals surface area (Å²) < 4.78 is 5.38. The lowest BCUT2D eigenvalue weighted by atomic mass is 9.98. The summed E-state index contributed by atoms with van der Waals surface area (Å²) in [5.41, 5.74) is 2.97. The summed E-state index contributed by atoms with van der Waals surface area (Å²) in [6, 6.07) is 5.84. The van der Waals surface area contributed by atoms with Crippen LogP contribution in [0.2, 0.25) is 0 Å². The summed E-state index contributed by atoms with van der Waals surface area (Å²) in [7, 11) is 0. The van der Waals surface area contributed by atoms with E-state index in [0.717, 1.165) is 48.5 Å². The van der Waals surface area contributed by atoms with Crippen LogP contribution < -0.4 is 5.32 Å². The van der Waals surface area contributed by atoms with Crippen LogP contribution in [0.25, 0.3) is 0 Å². The van der Waals surface area contributed by atoms with Gasteiger partial charge in [0, 0.05) is 12.2 Å². The molecule has 3 nitrogen and oxygen atoms in total. The first kappa shape index (κ1) is 11.6. The van der Waals surface area contributed by atoms with Gasteiger partial charge in [0.05, 0.1) is 12.2 Å². The van der Waals surface area contributed by atoms with Gasteiger partial charge in [-0.25, -0.2) is 4.79 Å². The van der Waals surface area contributed by atoms with Gasteiger partial charge in [-0.15, -0.1) is 0 Å². The number of anilines is 1. The third-order valence-corrected chi connectivity index (χ3v) is 3.77. The Bertz CT molecular complexity index is 452. The first-order valence-electron chi connectivity index (χ1n) is 6.87. The average Bonchev–Trinajstić information content (AvgIpc) is 3.22. The standard InChI is InChI=1S/C15H19NO2/c17-15(18-10-8-11-6-7-11)13-3-1-5-14-12(13)4-2-9-16-14/h1,3,5,11,16H,2,4,6-10H2. The summed E-state index contributed by atoms with van der Waals surface area (Å²) in [6.45, 7) is 1.56. The maximum absolute atomic E-state index is 12.1. The molecule has 1 aromatic rings. The van der Waals surface area contributed by atoms with Gasteiger partial charge in [-0.05, 0) is 42.9 Å². The van der Waals surface area contributed by atoms with Crippen molar-refractivity contribution in [2.24, 2.45) is 5.92 Å². The highest BCUT2D eigenvalue weighted by Crippen LogP contribution is 2.32. The Labute approximate surface area is 108 Å². The molecule has 2 aliphatic rings. The van der Waals surface area contributed by atoms with Crippen LogP contribution in [0.3, 0.4) is 0 Å². The van der Waals surface area contributed by atoms with E-state index in [1.54, 1.807) is 0 Å². The molecule has 1 aromatic carbocycles. The molecule has 1 saturated carbocycles. The largest absolute Gasteiger partial charge is 0.462 e. The number of rotatable bonds is 4. The maximum Gasteiger partial charge on any atom is 0.338 e. The first-order valence-corrected chi connectivity index (χ1v) is 6.87. The smallest absolute Gasteiger partial charge is 0.338 e. The molecule has 1 aliphatic heterocycles. The van der Waals surface area contributed by atoms with Crippen molar-refractivity contribution in [3.63, 3.8) is 0 Å². The van der Waals surface area contributed by atoms with Crippen LogP contribution in [-0.2, 0) is 11.2 Å². The van der Waals surface area contributed by atoms with Crippen LogP contribution in [-0.4, -0.2) is 19.1 Å². The van der Waals surface area contributed by atoms with Gasteiger partial charge >= 0.3 is 5.97 Å². The van der Waals surface area contributed by atoms with Crippen molar-refractivity contribution in [1.29, 1.82) is 0 Å². The molecular weight excluding hydrogens is 226 g/mol. The van der Waals surface area contributed by atoms with E-state index in [2.05, 4.69) is 5.32 Å². The third-order valence-electron chi connectivity index (χ3n) is 3.77. The number of benzene rings is 1. The number of nitrogens with one attached hydrogen (secondary N) is 1. The molecule has 0 aromatic heterocycles. The van der Waals surface area contributed by atoms with E-state index in [0.29, 0.717) is 6.61 Å². The van der Waals surface area contributed by atoms with Crippen LogP contribution in [0.1, 0.15) is 41.6 Å². The topological polar surface area (TPSA) is 38.3 Å². The van der Waals surface area contributed by atoms with E-state index in [-0.39, 0.29) is 5.97 Å². The molecule has 0 saturated heterocycles. The quantitative estimate of drug-likeness (QED) is 0.829. The van der Waals surface area contributed by atoms with Crippen LogP contribution >= 0.6 is 0 Å². The number of carbonyl (C=O) groups excluding carboxylic acids is 1. The predicted molar refractivity (Wildman–Crippen MR) is 70.9 cm³/mol. The minimum atomic E-state index is -0.156. The van der Waals surface area contributed by atoms with Crippen molar-refractivity contribution in [3.05, 3.63) is 29.3 Å². The average molecular weight is 245 g/mol.